The van der Waals surface area contributed by atoms with Gasteiger partial charge in [-0.25, -0.2) is 0 Å². The first kappa shape index (κ1) is 15.2. The van der Waals surface area contributed by atoms with Gasteiger partial charge in [0.1, 0.15) is 10.8 Å². The van der Waals surface area contributed by atoms with Crippen molar-refractivity contribution in [3.63, 3.8) is 0 Å². The summed E-state index contributed by atoms with van der Waals surface area (Å²) in [5.41, 5.74) is 0.949. The molecular formula is C15H16ClN3O2S. The summed E-state index contributed by atoms with van der Waals surface area (Å²) in [5.74, 6) is 1.01. The Morgan fingerprint density at radius 2 is 2.32 bits per heavy atom. The van der Waals surface area contributed by atoms with Gasteiger partial charge in [-0.1, -0.05) is 36.8 Å². The van der Waals surface area contributed by atoms with Gasteiger partial charge in [-0.3, -0.25) is 10.1 Å². The fraction of sp³-hybridized carbons (Fsp3) is 0.400. The summed E-state index contributed by atoms with van der Waals surface area (Å²) in [6.07, 6.45) is 0.822. The summed E-state index contributed by atoms with van der Waals surface area (Å²) in [4.78, 5) is 12.3. The third kappa shape index (κ3) is 3.39. The first-order chi connectivity index (χ1) is 10.5. The second kappa shape index (κ2) is 6.22. The molecule has 1 atom stereocenters. The van der Waals surface area contributed by atoms with Gasteiger partial charge >= 0.3 is 0 Å². The molecule has 0 unspecified atom stereocenters. The van der Waals surface area contributed by atoms with Gasteiger partial charge in [0.2, 0.25) is 5.13 Å². The standard InChI is InChI=1S/C15H16ClN3O2S/c1-8(2)5-13-18-19-15(22-13)17-14(20)12-7-9-6-10(16)3-4-11(9)21-12/h3-4,6,8,12H,5,7H2,1-2H3,(H,17,19,20)/t12-/m0/s1. The molecule has 0 fully saturated rings. The molecule has 1 aliphatic heterocycles. The Kier molecular flexibility index (Phi) is 4.31. The Hall–Kier alpha value is -1.66. The Morgan fingerprint density at radius 3 is 3.09 bits per heavy atom. The Labute approximate surface area is 137 Å². The van der Waals surface area contributed by atoms with Crippen molar-refractivity contribution < 1.29 is 9.53 Å². The highest BCUT2D eigenvalue weighted by atomic mass is 35.5. The summed E-state index contributed by atoms with van der Waals surface area (Å²) in [7, 11) is 0. The fourth-order valence-electron chi connectivity index (χ4n) is 2.29. The number of benzene rings is 1. The average molecular weight is 338 g/mol. The van der Waals surface area contributed by atoms with Crippen molar-refractivity contribution in [2.75, 3.05) is 5.32 Å². The van der Waals surface area contributed by atoms with E-state index in [0.717, 1.165) is 17.0 Å². The summed E-state index contributed by atoms with van der Waals surface area (Å²) >= 11 is 7.36. The van der Waals surface area contributed by atoms with E-state index < -0.39 is 6.10 Å². The lowest BCUT2D eigenvalue weighted by Gasteiger charge is -2.08. The molecule has 0 spiro atoms. The zero-order chi connectivity index (χ0) is 15.7. The van der Waals surface area contributed by atoms with Crippen molar-refractivity contribution in [3.05, 3.63) is 33.8 Å². The van der Waals surface area contributed by atoms with Crippen LogP contribution in [0.5, 0.6) is 5.75 Å². The summed E-state index contributed by atoms with van der Waals surface area (Å²) < 4.78 is 5.65. The highest BCUT2D eigenvalue weighted by Crippen LogP contribution is 2.31. The quantitative estimate of drug-likeness (QED) is 0.929. The van der Waals surface area contributed by atoms with Crippen molar-refractivity contribution in [2.24, 2.45) is 5.92 Å². The van der Waals surface area contributed by atoms with Gasteiger partial charge in [0.15, 0.2) is 6.10 Å². The molecule has 22 heavy (non-hydrogen) atoms. The lowest BCUT2D eigenvalue weighted by atomic mass is 10.1. The molecule has 0 saturated heterocycles. The molecular weight excluding hydrogens is 322 g/mol. The molecule has 0 saturated carbocycles. The van der Waals surface area contributed by atoms with Gasteiger partial charge in [-0.2, -0.15) is 0 Å². The first-order valence-electron chi connectivity index (χ1n) is 7.09. The van der Waals surface area contributed by atoms with Crippen LogP contribution in [0, 0.1) is 5.92 Å². The molecule has 2 heterocycles. The third-order valence-corrected chi connectivity index (χ3v) is 4.37. The zero-order valence-electron chi connectivity index (χ0n) is 12.3. The van der Waals surface area contributed by atoms with Crippen molar-refractivity contribution in [1.29, 1.82) is 0 Å². The van der Waals surface area contributed by atoms with Crippen LogP contribution in [0.15, 0.2) is 18.2 Å². The predicted octanol–water partition coefficient (Wildman–Crippen LogP) is 3.33. The van der Waals surface area contributed by atoms with E-state index in [4.69, 9.17) is 16.3 Å². The molecule has 0 aliphatic carbocycles. The molecule has 3 rings (SSSR count). The molecule has 1 amide bonds. The molecule has 0 bridgehead atoms. The lowest BCUT2D eigenvalue weighted by Crippen LogP contribution is -2.31. The van der Waals surface area contributed by atoms with Crippen molar-refractivity contribution in [1.82, 2.24) is 10.2 Å². The van der Waals surface area contributed by atoms with Crippen molar-refractivity contribution in [2.45, 2.75) is 32.8 Å². The lowest BCUT2D eigenvalue weighted by molar-refractivity contribution is -0.122. The van der Waals surface area contributed by atoms with Gasteiger partial charge < -0.3 is 4.74 Å². The number of hydrogen-bond donors (Lipinski definition) is 1. The van der Waals surface area contributed by atoms with Crippen LogP contribution in [0.1, 0.15) is 24.4 Å². The number of aromatic nitrogens is 2. The Bertz CT molecular complexity index is 702. The number of rotatable bonds is 4. The van der Waals surface area contributed by atoms with E-state index in [1.807, 2.05) is 6.07 Å². The largest absolute Gasteiger partial charge is 0.480 e. The van der Waals surface area contributed by atoms with Crippen molar-refractivity contribution in [3.8, 4) is 5.75 Å². The van der Waals surface area contributed by atoms with Gasteiger partial charge in [0, 0.05) is 17.9 Å². The number of halogens is 1. The van der Waals surface area contributed by atoms with E-state index in [1.54, 1.807) is 12.1 Å². The number of amides is 1. The monoisotopic (exact) mass is 337 g/mol. The van der Waals surface area contributed by atoms with Gasteiger partial charge in [-0.15, -0.1) is 10.2 Å². The number of nitrogens with one attached hydrogen (secondary N) is 1. The highest BCUT2D eigenvalue weighted by molar-refractivity contribution is 7.15. The number of hydrogen-bond acceptors (Lipinski definition) is 5. The zero-order valence-corrected chi connectivity index (χ0v) is 13.9. The summed E-state index contributed by atoms with van der Waals surface area (Å²) in [5, 5.41) is 12.9. The number of anilines is 1. The number of ether oxygens (including phenoxy) is 1. The van der Waals surface area contributed by atoms with E-state index in [1.165, 1.54) is 11.3 Å². The van der Waals surface area contributed by atoms with Crippen LogP contribution >= 0.6 is 22.9 Å². The van der Waals surface area contributed by atoms with Gasteiger partial charge in [0.05, 0.1) is 0 Å². The topological polar surface area (TPSA) is 64.1 Å². The van der Waals surface area contributed by atoms with Crippen LogP contribution in [0.25, 0.3) is 0 Å². The van der Waals surface area contributed by atoms with E-state index in [-0.39, 0.29) is 5.91 Å². The van der Waals surface area contributed by atoms with Crippen LogP contribution in [-0.4, -0.2) is 22.2 Å². The van der Waals surface area contributed by atoms with Crippen molar-refractivity contribution >= 4 is 34.0 Å². The molecule has 1 aromatic carbocycles. The average Bonchev–Trinajstić information content (AvgIpc) is 3.04. The molecule has 2 aromatic rings. The second-order valence-corrected chi connectivity index (χ2v) is 7.15. The third-order valence-electron chi connectivity index (χ3n) is 3.27. The maximum absolute atomic E-state index is 12.3. The minimum Gasteiger partial charge on any atom is -0.480 e. The maximum atomic E-state index is 12.3. The van der Waals surface area contributed by atoms with Crippen LogP contribution < -0.4 is 10.1 Å². The maximum Gasteiger partial charge on any atom is 0.267 e. The molecule has 0 radical (unpaired) electrons. The first-order valence-corrected chi connectivity index (χ1v) is 8.29. The van der Waals surface area contributed by atoms with E-state index in [9.17, 15) is 4.79 Å². The number of carbonyl (C=O) groups is 1. The molecule has 5 nitrogen and oxygen atoms in total. The fourth-order valence-corrected chi connectivity index (χ4v) is 3.43. The van der Waals surface area contributed by atoms with Crippen LogP contribution in [0.2, 0.25) is 5.02 Å². The van der Waals surface area contributed by atoms with E-state index in [2.05, 4.69) is 29.4 Å². The Balaban J connectivity index is 1.63. The molecule has 116 valence electrons. The van der Waals surface area contributed by atoms with Crippen LogP contribution in [0.4, 0.5) is 5.13 Å². The number of nitrogens with zero attached hydrogens (tertiary/aromatic N) is 2. The van der Waals surface area contributed by atoms with E-state index >= 15 is 0 Å². The minimum absolute atomic E-state index is 0.209. The van der Waals surface area contributed by atoms with Gasteiger partial charge in [0.25, 0.3) is 5.91 Å². The normalized spacial score (nSPS) is 16.5. The molecule has 1 N–H and O–H groups in total. The number of carbonyl (C=O) groups excluding carboxylic acids is 1. The van der Waals surface area contributed by atoms with Crippen LogP contribution in [0.3, 0.4) is 0 Å². The minimum atomic E-state index is -0.550. The molecule has 7 heteroatoms. The molecule has 1 aliphatic rings. The van der Waals surface area contributed by atoms with Gasteiger partial charge in [-0.05, 0) is 29.7 Å². The number of fused-ring (bicyclic) bond motifs is 1. The summed E-state index contributed by atoms with van der Waals surface area (Å²) in [6.45, 7) is 4.24. The smallest absolute Gasteiger partial charge is 0.267 e. The second-order valence-electron chi connectivity index (χ2n) is 5.65. The SMILES string of the molecule is CC(C)Cc1nnc(NC(=O)[C@@H]2Cc3cc(Cl)ccc3O2)s1. The summed E-state index contributed by atoms with van der Waals surface area (Å²) in [6, 6.07) is 5.37. The molecule has 1 aromatic heterocycles. The Morgan fingerprint density at radius 1 is 1.50 bits per heavy atom. The van der Waals surface area contributed by atoms with Crippen LogP contribution in [-0.2, 0) is 17.6 Å². The predicted molar refractivity (Wildman–Crippen MR) is 86.7 cm³/mol. The van der Waals surface area contributed by atoms with E-state index in [0.29, 0.717) is 28.2 Å². The highest BCUT2D eigenvalue weighted by Gasteiger charge is 2.29.